The summed E-state index contributed by atoms with van der Waals surface area (Å²) in [5.41, 5.74) is 1.35. The van der Waals surface area contributed by atoms with E-state index in [-0.39, 0.29) is 17.7 Å². The van der Waals surface area contributed by atoms with Gasteiger partial charge >= 0.3 is 0 Å². The van der Waals surface area contributed by atoms with Crippen LogP contribution in [0.15, 0.2) is 53.1 Å². The highest BCUT2D eigenvalue weighted by Gasteiger charge is 2.39. The number of nitrogens with zero attached hydrogens (tertiary/aromatic N) is 1. The summed E-state index contributed by atoms with van der Waals surface area (Å²) in [6, 6.07) is 14.1. The molecule has 5 heteroatoms. The summed E-state index contributed by atoms with van der Waals surface area (Å²) in [4.78, 5) is 26.2. The van der Waals surface area contributed by atoms with Crippen LogP contribution >= 0.6 is 0 Å². The lowest BCUT2D eigenvalue weighted by Gasteiger charge is -2.15. The fourth-order valence-electron chi connectivity index (χ4n) is 3.65. The van der Waals surface area contributed by atoms with E-state index in [1.165, 1.54) is 5.56 Å². The SMILES string of the molecule is O=C(NCC1CC1c1ccccc1)C1CC(=O)N(Cc2ccco2)C1. The Bertz CT molecular complexity index is 742. The van der Waals surface area contributed by atoms with Crippen LogP contribution in [0.4, 0.5) is 0 Å². The van der Waals surface area contributed by atoms with E-state index in [4.69, 9.17) is 4.42 Å². The molecule has 3 atom stereocenters. The predicted octanol–water partition coefficient (Wildman–Crippen LogP) is 2.55. The summed E-state index contributed by atoms with van der Waals surface area (Å²) in [6.45, 7) is 1.60. The van der Waals surface area contributed by atoms with Crippen molar-refractivity contribution in [2.75, 3.05) is 13.1 Å². The van der Waals surface area contributed by atoms with Crippen LogP contribution in [0.2, 0.25) is 0 Å². The normalized spacial score (nSPS) is 25.2. The lowest BCUT2D eigenvalue weighted by molar-refractivity contribution is -0.129. The molecule has 0 bridgehead atoms. The summed E-state index contributed by atoms with van der Waals surface area (Å²) < 4.78 is 5.29. The first kappa shape index (κ1) is 15.9. The van der Waals surface area contributed by atoms with Crippen molar-refractivity contribution < 1.29 is 14.0 Å². The van der Waals surface area contributed by atoms with Gasteiger partial charge in [-0.1, -0.05) is 30.3 Å². The summed E-state index contributed by atoms with van der Waals surface area (Å²) in [5.74, 6) is 1.58. The zero-order valence-electron chi connectivity index (χ0n) is 14.1. The van der Waals surface area contributed by atoms with Gasteiger partial charge in [0.05, 0.1) is 18.7 Å². The zero-order valence-corrected chi connectivity index (χ0v) is 14.1. The second-order valence-electron chi connectivity index (χ2n) is 7.01. The molecule has 1 aromatic heterocycles. The van der Waals surface area contributed by atoms with E-state index in [0.717, 1.165) is 12.2 Å². The third-order valence-electron chi connectivity index (χ3n) is 5.20. The number of likely N-dealkylation sites (tertiary alicyclic amines) is 1. The number of amides is 2. The molecule has 3 unspecified atom stereocenters. The van der Waals surface area contributed by atoms with Gasteiger partial charge in [-0.2, -0.15) is 0 Å². The van der Waals surface area contributed by atoms with E-state index in [1.807, 2.05) is 12.1 Å². The van der Waals surface area contributed by atoms with Gasteiger partial charge in [0.2, 0.25) is 11.8 Å². The van der Waals surface area contributed by atoms with E-state index in [1.54, 1.807) is 17.2 Å². The minimum atomic E-state index is -0.253. The smallest absolute Gasteiger partial charge is 0.225 e. The van der Waals surface area contributed by atoms with Crippen molar-refractivity contribution in [3.05, 3.63) is 60.1 Å². The number of carbonyl (C=O) groups excluding carboxylic acids is 2. The van der Waals surface area contributed by atoms with Crippen molar-refractivity contribution >= 4 is 11.8 Å². The molecule has 2 amide bonds. The van der Waals surface area contributed by atoms with Gasteiger partial charge in [0.15, 0.2) is 0 Å². The quantitative estimate of drug-likeness (QED) is 0.880. The Hall–Kier alpha value is -2.56. The Kier molecular flexibility index (Phi) is 4.30. The number of rotatable bonds is 6. The summed E-state index contributed by atoms with van der Waals surface area (Å²) in [7, 11) is 0. The fourth-order valence-corrected chi connectivity index (χ4v) is 3.65. The number of hydrogen-bond donors (Lipinski definition) is 1. The molecule has 2 heterocycles. The topological polar surface area (TPSA) is 62.6 Å². The van der Waals surface area contributed by atoms with E-state index in [2.05, 4.69) is 29.6 Å². The first-order valence-electron chi connectivity index (χ1n) is 8.83. The highest BCUT2D eigenvalue weighted by molar-refractivity contribution is 5.89. The van der Waals surface area contributed by atoms with Gasteiger partial charge < -0.3 is 14.6 Å². The maximum atomic E-state index is 12.4. The molecule has 2 aliphatic rings. The second kappa shape index (κ2) is 6.75. The number of benzene rings is 1. The van der Waals surface area contributed by atoms with Crippen molar-refractivity contribution in [1.82, 2.24) is 10.2 Å². The fraction of sp³-hybridized carbons (Fsp3) is 0.400. The molecular weight excluding hydrogens is 316 g/mol. The van der Waals surface area contributed by atoms with Crippen molar-refractivity contribution in [1.29, 1.82) is 0 Å². The van der Waals surface area contributed by atoms with Crippen LogP contribution in [-0.4, -0.2) is 29.8 Å². The molecule has 2 fully saturated rings. The molecule has 130 valence electrons. The van der Waals surface area contributed by atoms with Crippen LogP contribution in [0.25, 0.3) is 0 Å². The molecule has 0 spiro atoms. The van der Waals surface area contributed by atoms with Gasteiger partial charge in [-0.05, 0) is 36.0 Å². The average molecular weight is 338 g/mol. The van der Waals surface area contributed by atoms with Crippen molar-refractivity contribution in [2.24, 2.45) is 11.8 Å². The highest BCUT2D eigenvalue weighted by atomic mass is 16.3. The van der Waals surface area contributed by atoms with Crippen LogP contribution in [0, 0.1) is 11.8 Å². The standard InChI is InChI=1S/C20H22N2O3/c23-19-10-16(12-22(19)13-17-7-4-8-25-17)20(24)21-11-15-9-18(15)14-5-2-1-3-6-14/h1-8,15-16,18H,9-13H2,(H,21,24). The maximum absolute atomic E-state index is 12.4. The van der Waals surface area contributed by atoms with Crippen LogP contribution in [0.3, 0.4) is 0 Å². The van der Waals surface area contributed by atoms with Crippen molar-refractivity contribution in [3.63, 3.8) is 0 Å². The first-order chi connectivity index (χ1) is 12.2. The Morgan fingerprint density at radius 3 is 2.80 bits per heavy atom. The molecule has 25 heavy (non-hydrogen) atoms. The highest BCUT2D eigenvalue weighted by Crippen LogP contribution is 2.46. The van der Waals surface area contributed by atoms with Crippen molar-refractivity contribution in [2.45, 2.75) is 25.3 Å². The summed E-state index contributed by atoms with van der Waals surface area (Å²) in [5, 5.41) is 3.04. The molecule has 1 aliphatic carbocycles. The number of nitrogens with one attached hydrogen (secondary N) is 1. The molecule has 1 saturated heterocycles. The van der Waals surface area contributed by atoms with Gasteiger partial charge in [0, 0.05) is 19.5 Å². The minimum absolute atomic E-state index is 0.00555. The molecule has 1 aromatic carbocycles. The average Bonchev–Trinajstić information content (AvgIpc) is 3.04. The zero-order chi connectivity index (χ0) is 17.2. The number of hydrogen-bond acceptors (Lipinski definition) is 3. The third-order valence-corrected chi connectivity index (χ3v) is 5.20. The number of furan rings is 1. The Morgan fingerprint density at radius 2 is 2.04 bits per heavy atom. The number of carbonyl (C=O) groups is 2. The van der Waals surface area contributed by atoms with Gasteiger partial charge in [-0.3, -0.25) is 9.59 Å². The van der Waals surface area contributed by atoms with E-state index >= 15 is 0 Å². The van der Waals surface area contributed by atoms with Crippen LogP contribution in [-0.2, 0) is 16.1 Å². The van der Waals surface area contributed by atoms with Gasteiger partial charge in [0.1, 0.15) is 5.76 Å². The molecule has 5 nitrogen and oxygen atoms in total. The maximum Gasteiger partial charge on any atom is 0.225 e. The predicted molar refractivity (Wildman–Crippen MR) is 92.5 cm³/mol. The van der Waals surface area contributed by atoms with Gasteiger partial charge in [0.25, 0.3) is 0 Å². The van der Waals surface area contributed by atoms with Gasteiger partial charge in [-0.25, -0.2) is 0 Å². The lowest BCUT2D eigenvalue weighted by Crippen LogP contribution is -2.34. The van der Waals surface area contributed by atoms with Crippen LogP contribution in [0.1, 0.15) is 30.1 Å². The molecular formula is C20H22N2O3. The molecule has 1 aliphatic heterocycles. The second-order valence-corrected chi connectivity index (χ2v) is 7.01. The van der Waals surface area contributed by atoms with Gasteiger partial charge in [-0.15, -0.1) is 0 Å². The van der Waals surface area contributed by atoms with E-state index in [0.29, 0.717) is 37.9 Å². The largest absolute Gasteiger partial charge is 0.467 e. The summed E-state index contributed by atoms with van der Waals surface area (Å²) in [6.07, 6.45) is 3.01. The third kappa shape index (κ3) is 3.60. The monoisotopic (exact) mass is 338 g/mol. The molecule has 2 aromatic rings. The minimum Gasteiger partial charge on any atom is -0.467 e. The Morgan fingerprint density at radius 1 is 1.20 bits per heavy atom. The molecule has 1 N–H and O–H groups in total. The lowest BCUT2D eigenvalue weighted by atomic mass is 10.1. The van der Waals surface area contributed by atoms with Crippen LogP contribution < -0.4 is 5.32 Å². The van der Waals surface area contributed by atoms with E-state index < -0.39 is 0 Å². The van der Waals surface area contributed by atoms with Crippen LogP contribution in [0.5, 0.6) is 0 Å². The first-order valence-corrected chi connectivity index (χ1v) is 8.83. The van der Waals surface area contributed by atoms with E-state index in [9.17, 15) is 9.59 Å². The van der Waals surface area contributed by atoms with Crippen molar-refractivity contribution in [3.8, 4) is 0 Å². The Labute approximate surface area is 147 Å². The molecule has 4 rings (SSSR count). The molecule has 1 saturated carbocycles. The summed E-state index contributed by atoms with van der Waals surface area (Å²) >= 11 is 0. The molecule has 0 radical (unpaired) electrons. The Balaban J connectivity index is 1.25.